The number of fused-ring (bicyclic) bond motifs is 1. The molecule has 1 aromatic rings. The van der Waals surface area contributed by atoms with E-state index in [0.717, 1.165) is 11.4 Å². The summed E-state index contributed by atoms with van der Waals surface area (Å²) in [5.74, 6) is 0.176. The van der Waals surface area contributed by atoms with E-state index in [2.05, 4.69) is 45.1 Å². The van der Waals surface area contributed by atoms with E-state index in [1.54, 1.807) is 0 Å². The highest BCUT2D eigenvalue weighted by Crippen LogP contribution is 2.38. The molecule has 104 valence electrons. The lowest BCUT2D eigenvalue weighted by atomic mass is 9.89. The van der Waals surface area contributed by atoms with E-state index in [1.165, 1.54) is 5.56 Å². The molecule has 19 heavy (non-hydrogen) atoms. The lowest BCUT2D eigenvalue weighted by Crippen LogP contribution is -2.51. The van der Waals surface area contributed by atoms with Gasteiger partial charge in [0.1, 0.15) is 0 Å². The van der Waals surface area contributed by atoms with Crippen LogP contribution >= 0.6 is 0 Å². The first-order chi connectivity index (χ1) is 8.63. The SMILES string of the molecule is Cc1ccc2c(c1)NCC(C)(C)C(=O)N2C(C)(C)C. The number of anilines is 2. The molecule has 1 heterocycles. The zero-order chi connectivity index (χ0) is 14.4. The van der Waals surface area contributed by atoms with Gasteiger partial charge >= 0.3 is 0 Å². The first-order valence-corrected chi connectivity index (χ1v) is 6.82. The number of nitrogens with one attached hydrogen (secondary N) is 1. The van der Waals surface area contributed by atoms with Crippen molar-refractivity contribution in [3.63, 3.8) is 0 Å². The van der Waals surface area contributed by atoms with E-state index in [1.807, 2.05) is 24.8 Å². The number of carbonyl (C=O) groups excluding carboxylic acids is 1. The molecule has 0 aliphatic carbocycles. The summed E-state index contributed by atoms with van der Waals surface area (Å²) in [6, 6.07) is 6.22. The number of aryl methyl sites for hydroxylation is 1. The van der Waals surface area contributed by atoms with Crippen molar-refractivity contribution in [2.24, 2.45) is 5.41 Å². The molecule has 0 unspecified atom stereocenters. The molecule has 1 aliphatic heterocycles. The van der Waals surface area contributed by atoms with Crippen LogP contribution in [0.5, 0.6) is 0 Å². The van der Waals surface area contributed by atoms with Crippen molar-refractivity contribution in [1.82, 2.24) is 0 Å². The highest BCUT2D eigenvalue weighted by Gasteiger charge is 2.40. The van der Waals surface area contributed by atoms with Gasteiger partial charge in [0.25, 0.3) is 0 Å². The second-order valence-corrected chi connectivity index (χ2v) is 7.07. The van der Waals surface area contributed by atoms with Crippen LogP contribution in [-0.4, -0.2) is 18.0 Å². The molecule has 0 bridgehead atoms. The second kappa shape index (κ2) is 4.26. The van der Waals surface area contributed by atoms with E-state index in [0.29, 0.717) is 6.54 Å². The van der Waals surface area contributed by atoms with Crippen LogP contribution < -0.4 is 10.2 Å². The average molecular weight is 260 g/mol. The van der Waals surface area contributed by atoms with Crippen LogP contribution in [0, 0.1) is 12.3 Å². The van der Waals surface area contributed by atoms with Gasteiger partial charge < -0.3 is 10.2 Å². The molecule has 1 aliphatic rings. The number of nitrogens with zero attached hydrogens (tertiary/aromatic N) is 1. The smallest absolute Gasteiger partial charge is 0.234 e. The van der Waals surface area contributed by atoms with Crippen molar-refractivity contribution < 1.29 is 4.79 Å². The quantitative estimate of drug-likeness (QED) is 0.773. The molecule has 0 saturated carbocycles. The van der Waals surface area contributed by atoms with Crippen LogP contribution in [0.15, 0.2) is 18.2 Å². The highest BCUT2D eigenvalue weighted by molar-refractivity contribution is 6.02. The van der Waals surface area contributed by atoms with E-state index in [9.17, 15) is 4.79 Å². The largest absolute Gasteiger partial charge is 0.382 e. The Bertz CT molecular complexity index is 512. The molecule has 1 aromatic carbocycles. The van der Waals surface area contributed by atoms with Gasteiger partial charge in [-0.1, -0.05) is 6.07 Å². The van der Waals surface area contributed by atoms with Crippen LogP contribution in [0.3, 0.4) is 0 Å². The second-order valence-electron chi connectivity index (χ2n) is 7.07. The fourth-order valence-corrected chi connectivity index (χ4v) is 2.46. The first kappa shape index (κ1) is 13.9. The lowest BCUT2D eigenvalue weighted by molar-refractivity contribution is -0.126. The Labute approximate surface area is 116 Å². The predicted molar refractivity (Wildman–Crippen MR) is 80.7 cm³/mol. The standard InChI is InChI=1S/C16H24N2O/c1-11-7-8-13-12(9-11)17-10-16(5,6)14(19)18(13)15(2,3)4/h7-9,17H,10H2,1-6H3. The topological polar surface area (TPSA) is 32.3 Å². The van der Waals surface area contributed by atoms with Crippen molar-refractivity contribution in [2.75, 3.05) is 16.8 Å². The fraction of sp³-hybridized carbons (Fsp3) is 0.562. The zero-order valence-corrected chi connectivity index (χ0v) is 12.8. The minimum atomic E-state index is -0.403. The van der Waals surface area contributed by atoms with E-state index in [4.69, 9.17) is 0 Å². The minimum Gasteiger partial charge on any atom is -0.382 e. The number of rotatable bonds is 0. The molecule has 0 atom stereocenters. The first-order valence-electron chi connectivity index (χ1n) is 6.82. The molecule has 3 heteroatoms. The molecule has 1 N–H and O–H groups in total. The fourth-order valence-electron chi connectivity index (χ4n) is 2.46. The summed E-state index contributed by atoms with van der Waals surface area (Å²) in [6.45, 7) is 13.0. The summed E-state index contributed by atoms with van der Waals surface area (Å²) in [5.41, 5.74) is 2.60. The monoisotopic (exact) mass is 260 g/mol. The lowest BCUT2D eigenvalue weighted by Gasteiger charge is -2.39. The third-order valence-corrected chi connectivity index (χ3v) is 3.57. The Morgan fingerprint density at radius 3 is 2.47 bits per heavy atom. The third-order valence-electron chi connectivity index (χ3n) is 3.57. The number of hydrogen-bond acceptors (Lipinski definition) is 2. The number of hydrogen-bond donors (Lipinski definition) is 1. The van der Waals surface area contributed by atoms with Gasteiger partial charge in [-0.25, -0.2) is 0 Å². The molecular formula is C16H24N2O. The van der Waals surface area contributed by atoms with Gasteiger partial charge in [-0.2, -0.15) is 0 Å². The Morgan fingerprint density at radius 2 is 1.89 bits per heavy atom. The Hall–Kier alpha value is -1.51. The van der Waals surface area contributed by atoms with Gasteiger partial charge in [0.05, 0.1) is 16.8 Å². The molecule has 1 amide bonds. The van der Waals surface area contributed by atoms with Crippen LogP contribution in [0.4, 0.5) is 11.4 Å². The van der Waals surface area contributed by atoms with Crippen LogP contribution in [-0.2, 0) is 4.79 Å². The zero-order valence-electron chi connectivity index (χ0n) is 12.8. The summed E-state index contributed by atoms with van der Waals surface area (Å²) < 4.78 is 0. The Balaban J connectivity index is 2.63. The van der Waals surface area contributed by atoms with E-state index < -0.39 is 5.41 Å². The Morgan fingerprint density at radius 1 is 1.26 bits per heavy atom. The summed E-state index contributed by atoms with van der Waals surface area (Å²) in [6.07, 6.45) is 0. The maximum absolute atomic E-state index is 12.8. The molecular weight excluding hydrogens is 236 g/mol. The van der Waals surface area contributed by atoms with Crippen LogP contribution in [0.1, 0.15) is 40.2 Å². The number of carbonyl (C=O) groups is 1. The Kier molecular flexibility index (Phi) is 3.12. The normalized spacial score (nSPS) is 18.6. The molecule has 2 rings (SSSR count). The van der Waals surface area contributed by atoms with Crippen molar-refractivity contribution >= 4 is 17.3 Å². The van der Waals surface area contributed by atoms with Gasteiger partial charge in [-0.15, -0.1) is 0 Å². The molecule has 0 radical (unpaired) electrons. The summed E-state index contributed by atoms with van der Waals surface area (Å²) in [4.78, 5) is 14.8. The average Bonchev–Trinajstić information content (AvgIpc) is 2.35. The molecule has 0 fully saturated rings. The highest BCUT2D eigenvalue weighted by atomic mass is 16.2. The summed E-state index contributed by atoms with van der Waals surface area (Å²) in [7, 11) is 0. The van der Waals surface area contributed by atoms with Crippen molar-refractivity contribution in [3.05, 3.63) is 23.8 Å². The summed E-state index contributed by atoms with van der Waals surface area (Å²) in [5, 5.41) is 3.43. The maximum atomic E-state index is 12.8. The molecule has 0 spiro atoms. The van der Waals surface area contributed by atoms with E-state index >= 15 is 0 Å². The van der Waals surface area contributed by atoms with Gasteiger partial charge in [0.15, 0.2) is 0 Å². The molecule has 0 saturated heterocycles. The van der Waals surface area contributed by atoms with Crippen molar-refractivity contribution in [3.8, 4) is 0 Å². The van der Waals surface area contributed by atoms with Gasteiger partial charge in [0, 0.05) is 12.1 Å². The van der Waals surface area contributed by atoms with Crippen LogP contribution in [0.25, 0.3) is 0 Å². The van der Waals surface area contributed by atoms with Gasteiger partial charge in [-0.05, 0) is 59.2 Å². The van der Waals surface area contributed by atoms with Gasteiger partial charge in [0.2, 0.25) is 5.91 Å². The van der Waals surface area contributed by atoms with Crippen LogP contribution in [0.2, 0.25) is 0 Å². The minimum absolute atomic E-state index is 0.176. The summed E-state index contributed by atoms with van der Waals surface area (Å²) >= 11 is 0. The van der Waals surface area contributed by atoms with Gasteiger partial charge in [-0.3, -0.25) is 4.79 Å². The number of amides is 1. The number of benzene rings is 1. The molecule has 3 nitrogen and oxygen atoms in total. The maximum Gasteiger partial charge on any atom is 0.234 e. The molecule has 0 aromatic heterocycles. The van der Waals surface area contributed by atoms with Crippen molar-refractivity contribution in [1.29, 1.82) is 0 Å². The van der Waals surface area contributed by atoms with E-state index in [-0.39, 0.29) is 11.4 Å². The third kappa shape index (κ3) is 2.46. The van der Waals surface area contributed by atoms with Crippen molar-refractivity contribution in [2.45, 2.75) is 47.1 Å². The predicted octanol–water partition coefficient (Wildman–Crippen LogP) is 3.58.